The molecule has 0 aliphatic heterocycles. The van der Waals surface area contributed by atoms with Gasteiger partial charge in [-0.3, -0.25) is 4.79 Å². The molecule has 2 aromatic carbocycles. The van der Waals surface area contributed by atoms with Crippen LogP contribution in [0.1, 0.15) is 15.9 Å². The molecule has 6 heteroatoms. The van der Waals surface area contributed by atoms with Crippen LogP contribution in [0.25, 0.3) is 0 Å². The van der Waals surface area contributed by atoms with Crippen LogP contribution in [-0.2, 0) is 6.61 Å². The maximum atomic E-state index is 11.1. The van der Waals surface area contributed by atoms with Crippen molar-refractivity contribution < 1.29 is 14.3 Å². The molecule has 0 saturated carbocycles. The molecule has 0 saturated heterocycles. The molecule has 21 heavy (non-hydrogen) atoms. The highest BCUT2D eigenvalue weighted by Gasteiger charge is 2.10. The Morgan fingerprint density at radius 3 is 2.43 bits per heavy atom. The molecule has 2 rings (SSSR count). The van der Waals surface area contributed by atoms with Gasteiger partial charge in [-0.15, -0.1) is 0 Å². The zero-order valence-electron chi connectivity index (χ0n) is 11.0. The lowest BCUT2D eigenvalue weighted by Gasteiger charge is -2.11. The van der Waals surface area contributed by atoms with Gasteiger partial charge in [-0.1, -0.05) is 29.3 Å². The minimum atomic E-state index is -0.552. The van der Waals surface area contributed by atoms with E-state index in [1.54, 1.807) is 24.3 Å². The molecule has 0 unspecified atom stereocenters. The predicted molar refractivity (Wildman–Crippen MR) is 84.0 cm³/mol. The Morgan fingerprint density at radius 1 is 1.05 bits per heavy atom. The van der Waals surface area contributed by atoms with Crippen molar-refractivity contribution in [1.82, 2.24) is 0 Å². The Balaban J connectivity index is 2.15. The predicted octanol–water partition coefficient (Wildman–Crippen LogP) is 4.96. The highest BCUT2D eigenvalue weighted by molar-refractivity contribution is 6.67. The second kappa shape index (κ2) is 7.03. The molecule has 0 atom stereocenters. The van der Waals surface area contributed by atoms with Crippen molar-refractivity contribution in [3.05, 3.63) is 57.6 Å². The fourth-order valence-electron chi connectivity index (χ4n) is 1.70. The zero-order chi connectivity index (χ0) is 15.4. The summed E-state index contributed by atoms with van der Waals surface area (Å²) < 4.78 is 10.8. The van der Waals surface area contributed by atoms with E-state index < -0.39 is 5.24 Å². The first-order valence-corrected chi connectivity index (χ1v) is 7.09. The summed E-state index contributed by atoms with van der Waals surface area (Å²) >= 11 is 17.2. The molecule has 0 bridgehead atoms. The maximum Gasteiger partial charge on any atom is 0.252 e. The largest absolute Gasteiger partial charge is 0.493 e. The second-order valence-corrected chi connectivity index (χ2v) is 5.33. The first-order chi connectivity index (χ1) is 10.0. The van der Waals surface area contributed by atoms with E-state index in [4.69, 9.17) is 44.3 Å². The summed E-state index contributed by atoms with van der Waals surface area (Å²) in [5, 5.41) is 0.403. The van der Waals surface area contributed by atoms with Gasteiger partial charge in [0.05, 0.1) is 17.2 Å². The molecular formula is C15H11Cl3O3. The number of rotatable bonds is 5. The Bertz CT molecular complexity index is 671. The van der Waals surface area contributed by atoms with Crippen molar-refractivity contribution in [2.45, 2.75) is 6.61 Å². The Morgan fingerprint density at radius 2 is 1.81 bits per heavy atom. The van der Waals surface area contributed by atoms with E-state index >= 15 is 0 Å². The van der Waals surface area contributed by atoms with Crippen LogP contribution in [0.15, 0.2) is 36.4 Å². The van der Waals surface area contributed by atoms with Crippen molar-refractivity contribution in [1.29, 1.82) is 0 Å². The van der Waals surface area contributed by atoms with Gasteiger partial charge < -0.3 is 9.47 Å². The lowest BCUT2D eigenvalue weighted by Crippen LogP contribution is -1.99. The highest BCUT2D eigenvalue weighted by atomic mass is 35.5. The van der Waals surface area contributed by atoms with Gasteiger partial charge in [0, 0.05) is 5.56 Å². The Kier molecular flexibility index (Phi) is 5.34. The summed E-state index contributed by atoms with van der Waals surface area (Å²) in [6.07, 6.45) is 0. The van der Waals surface area contributed by atoms with E-state index in [2.05, 4.69) is 0 Å². The van der Waals surface area contributed by atoms with Gasteiger partial charge in [-0.2, -0.15) is 0 Å². The average molecular weight is 346 g/mol. The minimum absolute atomic E-state index is 0.293. The van der Waals surface area contributed by atoms with Crippen LogP contribution in [-0.4, -0.2) is 12.4 Å². The number of hydrogen-bond donors (Lipinski definition) is 0. The van der Waals surface area contributed by atoms with Crippen LogP contribution in [0.5, 0.6) is 11.5 Å². The SMILES string of the molecule is COc1cc(C(=O)Cl)ccc1OCc1ccc(Cl)c(Cl)c1. The van der Waals surface area contributed by atoms with Crippen molar-refractivity contribution in [2.24, 2.45) is 0 Å². The second-order valence-electron chi connectivity index (χ2n) is 4.18. The monoisotopic (exact) mass is 344 g/mol. The standard InChI is InChI=1S/C15H11Cl3O3/c1-20-14-7-10(15(18)19)3-5-13(14)21-8-9-2-4-11(16)12(17)6-9/h2-7H,8H2,1H3. The van der Waals surface area contributed by atoms with Gasteiger partial charge in [0.25, 0.3) is 5.24 Å². The van der Waals surface area contributed by atoms with Gasteiger partial charge in [0.1, 0.15) is 6.61 Å². The van der Waals surface area contributed by atoms with Crippen LogP contribution in [0.4, 0.5) is 0 Å². The van der Waals surface area contributed by atoms with Gasteiger partial charge in [0.15, 0.2) is 11.5 Å². The number of halogens is 3. The number of methoxy groups -OCH3 is 1. The molecule has 0 fully saturated rings. The molecule has 110 valence electrons. The molecule has 0 heterocycles. The molecule has 0 radical (unpaired) electrons. The summed E-state index contributed by atoms with van der Waals surface area (Å²) in [6.45, 7) is 0.293. The first-order valence-electron chi connectivity index (χ1n) is 5.96. The number of benzene rings is 2. The number of hydrogen-bond acceptors (Lipinski definition) is 3. The average Bonchev–Trinajstić information content (AvgIpc) is 2.48. The smallest absolute Gasteiger partial charge is 0.252 e. The van der Waals surface area contributed by atoms with Crippen LogP contribution < -0.4 is 9.47 Å². The van der Waals surface area contributed by atoms with E-state index in [9.17, 15) is 4.79 Å². The van der Waals surface area contributed by atoms with Crippen molar-refractivity contribution in [3.63, 3.8) is 0 Å². The van der Waals surface area contributed by atoms with E-state index in [-0.39, 0.29) is 0 Å². The van der Waals surface area contributed by atoms with Gasteiger partial charge in [-0.05, 0) is 47.5 Å². The van der Waals surface area contributed by atoms with Crippen LogP contribution in [0, 0.1) is 0 Å². The molecule has 0 aromatic heterocycles. The maximum absolute atomic E-state index is 11.1. The molecule has 3 nitrogen and oxygen atoms in total. The molecule has 2 aromatic rings. The third kappa shape index (κ3) is 4.03. The molecule has 0 spiro atoms. The summed E-state index contributed by atoms with van der Waals surface area (Å²) in [7, 11) is 1.49. The number of ether oxygens (including phenoxy) is 2. The fraction of sp³-hybridized carbons (Fsp3) is 0.133. The fourth-order valence-corrected chi connectivity index (χ4v) is 2.14. The van der Waals surface area contributed by atoms with Crippen molar-refractivity contribution >= 4 is 40.0 Å². The van der Waals surface area contributed by atoms with Crippen LogP contribution in [0.3, 0.4) is 0 Å². The quantitative estimate of drug-likeness (QED) is 0.718. The van der Waals surface area contributed by atoms with E-state index in [0.29, 0.717) is 33.7 Å². The zero-order valence-corrected chi connectivity index (χ0v) is 13.3. The van der Waals surface area contributed by atoms with E-state index in [1.807, 2.05) is 6.07 Å². The Hall–Kier alpha value is -1.42. The Labute approximate surface area is 137 Å². The highest BCUT2D eigenvalue weighted by Crippen LogP contribution is 2.30. The molecule has 0 N–H and O–H groups in total. The van der Waals surface area contributed by atoms with Gasteiger partial charge in [-0.25, -0.2) is 0 Å². The number of carbonyl (C=O) groups excluding carboxylic acids is 1. The first kappa shape index (κ1) is 16.0. The number of carbonyl (C=O) groups is 1. The summed E-state index contributed by atoms with van der Waals surface area (Å²) in [5.74, 6) is 0.937. The summed E-state index contributed by atoms with van der Waals surface area (Å²) in [5.41, 5.74) is 1.21. The third-order valence-corrected chi connectivity index (χ3v) is 3.73. The molecule has 0 aliphatic rings. The lowest BCUT2D eigenvalue weighted by molar-refractivity contribution is 0.108. The van der Waals surface area contributed by atoms with Crippen LogP contribution >= 0.6 is 34.8 Å². The minimum Gasteiger partial charge on any atom is -0.493 e. The van der Waals surface area contributed by atoms with Crippen LogP contribution in [0.2, 0.25) is 10.0 Å². The molecule has 0 aliphatic carbocycles. The van der Waals surface area contributed by atoms with Crippen molar-refractivity contribution in [3.8, 4) is 11.5 Å². The van der Waals surface area contributed by atoms with E-state index in [0.717, 1.165) is 5.56 Å². The van der Waals surface area contributed by atoms with Gasteiger partial charge in [0.2, 0.25) is 0 Å². The lowest BCUT2D eigenvalue weighted by atomic mass is 10.2. The summed E-state index contributed by atoms with van der Waals surface area (Å²) in [6, 6.07) is 9.98. The summed E-state index contributed by atoms with van der Waals surface area (Å²) in [4.78, 5) is 11.1. The van der Waals surface area contributed by atoms with E-state index in [1.165, 1.54) is 13.2 Å². The third-order valence-electron chi connectivity index (χ3n) is 2.77. The van der Waals surface area contributed by atoms with Crippen molar-refractivity contribution in [2.75, 3.05) is 7.11 Å². The molecular weight excluding hydrogens is 335 g/mol. The topological polar surface area (TPSA) is 35.5 Å². The van der Waals surface area contributed by atoms with Gasteiger partial charge >= 0.3 is 0 Å². The normalized spacial score (nSPS) is 10.3. The molecule has 0 amide bonds.